The molecule has 178 valence electrons. The van der Waals surface area contributed by atoms with Crippen molar-refractivity contribution in [1.82, 2.24) is 14.7 Å². The van der Waals surface area contributed by atoms with E-state index in [1.54, 1.807) is 50.5 Å². The van der Waals surface area contributed by atoms with Crippen LogP contribution in [0.1, 0.15) is 0 Å². The third kappa shape index (κ3) is 4.98. The van der Waals surface area contributed by atoms with Crippen molar-refractivity contribution in [2.45, 2.75) is 6.54 Å². The van der Waals surface area contributed by atoms with Crippen LogP contribution in [0, 0.1) is 0 Å². The second-order valence-corrected chi connectivity index (χ2v) is 7.85. The molecule has 0 unspecified atom stereocenters. The number of aromatic nitrogens is 2. The van der Waals surface area contributed by atoms with Crippen LogP contribution in [0.15, 0.2) is 59.4 Å². The van der Waals surface area contributed by atoms with E-state index >= 15 is 0 Å². The molecule has 0 radical (unpaired) electrons. The number of amides is 1. The van der Waals surface area contributed by atoms with Crippen LogP contribution in [-0.4, -0.2) is 68.1 Å². The minimum Gasteiger partial charge on any atom is -0.497 e. The summed E-state index contributed by atoms with van der Waals surface area (Å²) in [6.45, 7) is 2.39. The van der Waals surface area contributed by atoms with Crippen LogP contribution in [0.5, 0.6) is 17.2 Å². The molecule has 1 aliphatic heterocycles. The summed E-state index contributed by atoms with van der Waals surface area (Å²) in [5, 5.41) is 4.44. The zero-order chi connectivity index (χ0) is 24.1. The van der Waals surface area contributed by atoms with Crippen LogP contribution in [-0.2, 0) is 11.3 Å². The van der Waals surface area contributed by atoms with Gasteiger partial charge in [-0.1, -0.05) is 6.07 Å². The smallest absolute Gasteiger partial charge is 0.267 e. The minimum absolute atomic E-state index is 0.127. The lowest BCUT2D eigenvalue weighted by Crippen LogP contribution is -2.50. The van der Waals surface area contributed by atoms with Gasteiger partial charge < -0.3 is 24.0 Å². The van der Waals surface area contributed by atoms with Crippen molar-refractivity contribution in [1.29, 1.82) is 0 Å². The minimum atomic E-state index is -0.339. The number of carbonyl (C=O) groups excluding carboxylic acids is 1. The fraction of sp³-hybridized carbons (Fsp3) is 0.320. The molecule has 3 aromatic rings. The van der Waals surface area contributed by atoms with Crippen LogP contribution in [0.3, 0.4) is 0 Å². The molecule has 0 saturated carbocycles. The lowest BCUT2D eigenvalue weighted by molar-refractivity contribution is -0.132. The van der Waals surface area contributed by atoms with Gasteiger partial charge in [-0.15, -0.1) is 0 Å². The Balaban J connectivity index is 1.46. The van der Waals surface area contributed by atoms with E-state index in [-0.39, 0.29) is 18.0 Å². The van der Waals surface area contributed by atoms with Crippen LogP contribution in [0.4, 0.5) is 5.69 Å². The Kier molecular flexibility index (Phi) is 7.01. The fourth-order valence-electron chi connectivity index (χ4n) is 3.97. The Morgan fingerprint density at radius 3 is 2.32 bits per heavy atom. The number of hydrogen-bond acceptors (Lipinski definition) is 7. The number of anilines is 1. The molecule has 4 rings (SSSR count). The van der Waals surface area contributed by atoms with Crippen LogP contribution in [0.2, 0.25) is 0 Å². The molecule has 1 amide bonds. The summed E-state index contributed by atoms with van der Waals surface area (Å²) < 4.78 is 17.2. The van der Waals surface area contributed by atoms with Crippen molar-refractivity contribution in [3.8, 4) is 28.5 Å². The van der Waals surface area contributed by atoms with E-state index in [4.69, 9.17) is 14.2 Å². The summed E-state index contributed by atoms with van der Waals surface area (Å²) in [6, 6.07) is 16.3. The number of nitrogens with zero attached hydrogens (tertiary/aromatic N) is 4. The largest absolute Gasteiger partial charge is 0.497 e. The number of piperazine rings is 1. The maximum absolute atomic E-state index is 13.0. The van der Waals surface area contributed by atoms with Gasteiger partial charge in [0.2, 0.25) is 5.91 Å². The zero-order valence-corrected chi connectivity index (χ0v) is 19.6. The molecule has 9 heteroatoms. The first-order chi connectivity index (χ1) is 16.5. The van der Waals surface area contributed by atoms with Crippen LogP contribution in [0.25, 0.3) is 11.3 Å². The highest BCUT2D eigenvalue weighted by Crippen LogP contribution is 2.31. The maximum Gasteiger partial charge on any atom is 0.267 e. The van der Waals surface area contributed by atoms with E-state index in [0.717, 1.165) is 11.4 Å². The van der Waals surface area contributed by atoms with Gasteiger partial charge in [0.05, 0.1) is 27.0 Å². The molecule has 2 aromatic carbocycles. The van der Waals surface area contributed by atoms with Crippen molar-refractivity contribution in [3.63, 3.8) is 0 Å². The molecular formula is C25H28N4O5. The first kappa shape index (κ1) is 23.2. The topological polar surface area (TPSA) is 86.1 Å². The number of carbonyl (C=O) groups is 1. The summed E-state index contributed by atoms with van der Waals surface area (Å²) in [4.78, 5) is 29.4. The lowest BCUT2D eigenvalue weighted by atomic mass is 10.1. The number of rotatable bonds is 7. The van der Waals surface area contributed by atoms with E-state index < -0.39 is 0 Å². The summed E-state index contributed by atoms with van der Waals surface area (Å²) in [6.07, 6.45) is 0. The average Bonchev–Trinajstić information content (AvgIpc) is 2.89. The van der Waals surface area contributed by atoms with Crippen LogP contribution >= 0.6 is 0 Å². The van der Waals surface area contributed by atoms with Gasteiger partial charge in [-0.3, -0.25) is 9.59 Å². The molecule has 1 fully saturated rings. The Hall–Kier alpha value is -4.01. The van der Waals surface area contributed by atoms with E-state index in [1.165, 1.54) is 10.7 Å². The van der Waals surface area contributed by atoms with Gasteiger partial charge in [-0.05, 0) is 36.4 Å². The molecular weight excluding hydrogens is 436 g/mol. The van der Waals surface area contributed by atoms with E-state index in [0.29, 0.717) is 48.9 Å². The van der Waals surface area contributed by atoms with Gasteiger partial charge in [-0.25, -0.2) is 4.68 Å². The third-order valence-electron chi connectivity index (χ3n) is 5.89. The van der Waals surface area contributed by atoms with E-state index in [9.17, 15) is 9.59 Å². The molecule has 0 spiro atoms. The van der Waals surface area contributed by atoms with Crippen molar-refractivity contribution in [2.75, 3.05) is 52.4 Å². The van der Waals surface area contributed by atoms with Crippen molar-refractivity contribution in [2.24, 2.45) is 0 Å². The molecule has 1 aliphatic rings. The molecule has 0 aliphatic carbocycles. The van der Waals surface area contributed by atoms with Gasteiger partial charge in [0, 0.05) is 49.6 Å². The SMILES string of the molecule is COc1cccc(N2CCN(C(=O)Cn3nc(-c4cc(OC)ccc4OC)ccc3=O)CC2)c1. The monoisotopic (exact) mass is 464 g/mol. The molecule has 0 bridgehead atoms. The Morgan fingerprint density at radius 1 is 0.882 bits per heavy atom. The number of benzene rings is 2. The predicted molar refractivity (Wildman–Crippen MR) is 129 cm³/mol. The standard InChI is InChI=1S/C25H28N4O5/c1-32-19-6-4-5-18(15-19)27-11-13-28(14-12-27)25(31)17-29-24(30)10-8-22(26-29)21-16-20(33-2)7-9-23(21)34-3/h4-10,15-16H,11-14,17H2,1-3H3. The molecule has 0 atom stereocenters. The highest BCUT2D eigenvalue weighted by atomic mass is 16.5. The maximum atomic E-state index is 13.0. The van der Waals surface area contributed by atoms with E-state index in [1.807, 2.05) is 24.3 Å². The molecule has 9 nitrogen and oxygen atoms in total. The quantitative estimate of drug-likeness (QED) is 0.530. The summed E-state index contributed by atoms with van der Waals surface area (Å²) in [7, 11) is 4.79. The van der Waals surface area contributed by atoms with Crippen LogP contribution < -0.4 is 24.7 Å². The van der Waals surface area contributed by atoms with Crippen molar-refractivity contribution >= 4 is 11.6 Å². The van der Waals surface area contributed by atoms with Crippen molar-refractivity contribution in [3.05, 3.63) is 65.0 Å². The normalized spacial score (nSPS) is 13.5. The Labute approximate surface area is 198 Å². The molecule has 2 heterocycles. The lowest BCUT2D eigenvalue weighted by Gasteiger charge is -2.36. The summed E-state index contributed by atoms with van der Waals surface area (Å²) in [5.41, 5.74) is 1.92. The first-order valence-corrected chi connectivity index (χ1v) is 11.0. The van der Waals surface area contributed by atoms with E-state index in [2.05, 4.69) is 10.00 Å². The Morgan fingerprint density at radius 2 is 1.62 bits per heavy atom. The summed E-state index contributed by atoms with van der Waals surface area (Å²) in [5.74, 6) is 1.89. The summed E-state index contributed by atoms with van der Waals surface area (Å²) >= 11 is 0. The number of hydrogen-bond donors (Lipinski definition) is 0. The average molecular weight is 465 g/mol. The van der Waals surface area contributed by atoms with Gasteiger partial charge in [0.1, 0.15) is 23.8 Å². The highest BCUT2D eigenvalue weighted by Gasteiger charge is 2.22. The predicted octanol–water partition coefficient (Wildman–Crippen LogP) is 2.28. The zero-order valence-electron chi connectivity index (χ0n) is 19.6. The highest BCUT2D eigenvalue weighted by molar-refractivity contribution is 5.76. The van der Waals surface area contributed by atoms with Gasteiger partial charge >= 0.3 is 0 Å². The van der Waals surface area contributed by atoms with Gasteiger partial charge in [-0.2, -0.15) is 5.10 Å². The molecule has 1 saturated heterocycles. The molecule has 1 aromatic heterocycles. The Bertz CT molecular complexity index is 1220. The molecule has 0 N–H and O–H groups in total. The molecule has 34 heavy (non-hydrogen) atoms. The van der Waals surface area contributed by atoms with Crippen molar-refractivity contribution < 1.29 is 19.0 Å². The fourth-order valence-corrected chi connectivity index (χ4v) is 3.97. The number of methoxy groups -OCH3 is 3. The number of ether oxygens (including phenoxy) is 3. The first-order valence-electron chi connectivity index (χ1n) is 11.0. The van der Waals surface area contributed by atoms with Gasteiger partial charge in [0.25, 0.3) is 5.56 Å². The third-order valence-corrected chi connectivity index (χ3v) is 5.89. The second-order valence-electron chi connectivity index (χ2n) is 7.85. The second kappa shape index (κ2) is 10.3. The van der Waals surface area contributed by atoms with Gasteiger partial charge in [0.15, 0.2) is 0 Å².